The lowest BCUT2D eigenvalue weighted by molar-refractivity contribution is -0.192. The molecule has 2 aromatic rings. The fraction of sp³-hybridized carbons (Fsp3) is 0.474. The second-order valence-electron chi connectivity index (χ2n) is 7.51. The first-order valence-corrected chi connectivity index (χ1v) is 11.2. The van der Waals surface area contributed by atoms with Crippen molar-refractivity contribution in [3.63, 3.8) is 0 Å². The van der Waals surface area contributed by atoms with Crippen molar-refractivity contribution in [2.45, 2.75) is 39.2 Å². The topological polar surface area (TPSA) is 105 Å². The van der Waals surface area contributed by atoms with Crippen molar-refractivity contribution in [1.82, 2.24) is 19.4 Å². The number of aromatic nitrogens is 2. The summed E-state index contributed by atoms with van der Waals surface area (Å²) in [6, 6.07) is 8.60. The van der Waals surface area contributed by atoms with Crippen molar-refractivity contribution in [3.05, 3.63) is 52.8 Å². The van der Waals surface area contributed by atoms with E-state index in [1.807, 2.05) is 10.7 Å². The molecule has 0 bridgehead atoms. The Balaban J connectivity index is 0.000000423. The van der Waals surface area contributed by atoms with Gasteiger partial charge in [0.05, 0.1) is 18.0 Å². The van der Waals surface area contributed by atoms with Gasteiger partial charge in [0.1, 0.15) is 0 Å². The van der Waals surface area contributed by atoms with Gasteiger partial charge in [0.25, 0.3) is 0 Å². The fourth-order valence-corrected chi connectivity index (χ4v) is 3.90. The normalized spacial score (nSPS) is 16.9. The highest BCUT2D eigenvalue weighted by atomic mass is 32.2. The molecule has 31 heavy (non-hydrogen) atoms. The van der Waals surface area contributed by atoms with Crippen molar-refractivity contribution in [2.75, 3.05) is 19.3 Å². The van der Waals surface area contributed by atoms with E-state index >= 15 is 0 Å². The number of carbonyl (C=O) groups is 1. The first kappa shape index (κ1) is 24.8. The molecule has 0 saturated heterocycles. The molecule has 0 spiro atoms. The average Bonchev–Trinajstić information content (AvgIpc) is 3.06. The Morgan fingerprint density at radius 2 is 1.84 bits per heavy atom. The van der Waals surface area contributed by atoms with Gasteiger partial charge < -0.3 is 5.11 Å². The SMILES string of the molecule is Cc1cc(C)cc(CN2Cc3ccnn3C(CNS(C)(=O)=O)C2)c1.O=C(O)C(F)(F)F. The second-order valence-corrected chi connectivity index (χ2v) is 9.34. The highest BCUT2D eigenvalue weighted by Gasteiger charge is 2.38. The molecule has 1 aliphatic rings. The lowest BCUT2D eigenvalue weighted by atomic mass is 10.1. The maximum absolute atomic E-state index is 11.4. The van der Waals surface area contributed by atoms with Crippen LogP contribution < -0.4 is 4.72 Å². The molecule has 12 heteroatoms. The van der Waals surface area contributed by atoms with E-state index in [1.165, 1.54) is 22.9 Å². The number of fused-ring (bicyclic) bond motifs is 1. The third kappa shape index (κ3) is 7.96. The van der Waals surface area contributed by atoms with E-state index in [1.54, 1.807) is 6.20 Å². The summed E-state index contributed by atoms with van der Waals surface area (Å²) in [4.78, 5) is 11.2. The van der Waals surface area contributed by atoms with E-state index in [-0.39, 0.29) is 6.04 Å². The molecule has 1 atom stereocenters. The Bertz CT molecular complexity index is 1000. The number of benzene rings is 1. The number of hydrogen-bond acceptors (Lipinski definition) is 5. The zero-order valence-corrected chi connectivity index (χ0v) is 18.2. The summed E-state index contributed by atoms with van der Waals surface area (Å²) in [6.45, 7) is 7.02. The molecule has 2 heterocycles. The van der Waals surface area contributed by atoms with E-state index in [0.717, 1.165) is 25.3 Å². The maximum Gasteiger partial charge on any atom is 0.490 e. The van der Waals surface area contributed by atoms with Crippen LogP contribution in [0.5, 0.6) is 0 Å². The van der Waals surface area contributed by atoms with Crippen LogP contribution in [0.2, 0.25) is 0 Å². The van der Waals surface area contributed by atoms with Gasteiger partial charge in [-0.15, -0.1) is 0 Å². The minimum absolute atomic E-state index is 0.00406. The van der Waals surface area contributed by atoms with Gasteiger partial charge >= 0.3 is 12.1 Å². The molecule has 8 nitrogen and oxygen atoms in total. The van der Waals surface area contributed by atoms with Gasteiger partial charge in [0, 0.05) is 32.4 Å². The average molecular weight is 462 g/mol. The smallest absolute Gasteiger partial charge is 0.475 e. The van der Waals surface area contributed by atoms with Gasteiger partial charge in [-0.2, -0.15) is 18.3 Å². The molecule has 3 rings (SSSR count). The molecule has 1 unspecified atom stereocenters. The molecule has 0 amide bonds. The summed E-state index contributed by atoms with van der Waals surface area (Å²) >= 11 is 0. The molecule has 0 radical (unpaired) electrons. The van der Waals surface area contributed by atoms with Crippen molar-refractivity contribution >= 4 is 16.0 Å². The van der Waals surface area contributed by atoms with Crippen LogP contribution in [0.4, 0.5) is 13.2 Å². The third-order valence-corrected chi connectivity index (χ3v) is 5.16. The highest BCUT2D eigenvalue weighted by molar-refractivity contribution is 7.88. The van der Waals surface area contributed by atoms with Crippen LogP contribution in [0.3, 0.4) is 0 Å². The third-order valence-electron chi connectivity index (χ3n) is 4.46. The zero-order chi connectivity index (χ0) is 23.4. The molecule has 172 valence electrons. The van der Waals surface area contributed by atoms with Crippen LogP contribution in [0.25, 0.3) is 0 Å². The van der Waals surface area contributed by atoms with Crippen LogP contribution in [0.15, 0.2) is 30.5 Å². The number of aryl methyl sites for hydroxylation is 2. The van der Waals surface area contributed by atoms with E-state index in [9.17, 15) is 21.6 Å². The van der Waals surface area contributed by atoms with Crippen LogP contribution in [-0.2, 0) is 27.9 Å². The van der Waals surface area contributed by atoms with Gasteiger partial charge in [-0.1, -0.05) is 29.3 Å². The minimum atomic E-state index is -5.08. The highest BCUT2D eigenvalue weighted by Crippen LogP contribution is 2.22. The van der Waals surface area contributed by atoms with Crippen LogP contribution in [0.1, 0.15) is 28.4 Å². The lowest BCUT2D eigenvalue weighted by Gasteiger charge is -2.34. The summed E-state index contributed by atoms with van der Waals surface area (Å²) in [5.74, 6) is -2.76. The predicted octanol–water partition coefficient (Wildman–Crippen LogP) is 2.24. The Morgan fingerprint density at radius 1 is 1.26 bits per heavy atom. The summed E-state index contributed by atoms with van der Waals surface area (Å²) < 4.78 is 59.1. The lowest BCUT2D eigenvalue weighted by Crippen LogP contribution is -2.42. The molecule has 2 N–H and O–H groups in total. The van der Waals surface area contributed by atoms with Crippen molar-refractivity contribution in [2.24, 2.45) is 0 Å². The summed E-state index contributed by atoms with van der Waals surface area (Å²) in [5.41, 5.74) is 4.94. The Morgan fingerprint density at radius 3 is 2.35 bits per heavy atom. The number of sulfonamides is 1. The van der Waals surface area contributed by atoms with Gasteiger partial charge in [-0.3, -0.25) is 9.58 Å². The Labute approximate surface area is 178 Å². The number of aliphatic carboxylic acids is 1. The molecule has 1 aromatic heterocycles. The maximum atomic E-state index is 11.4. The fourth-order valence-electron chi connectivity index (χ4n) is 3.40. The Kier molecular flexibility index (Phi) is 7.84. The number of rotatable bonds is 5. The van der Waals surface area contributed by atoms with E-state index < -0.39 is 22.2 Å². The molecule has 0 fully saturated rings. The zero-order valence-electron chi connectivity index (χ0n) is 17.3. The molecule has 0 aliphatic carbocycles. The van der Waals surface area contributed by atoms with Crippen LogP contribution in [-0.4, -0.2) is 59.7 Å². The molecule has 0 saturated carbocycles. The number of carboxylic acids is 1. The summed E-state index contributed by atoms with van der Waals surface area (Å²) in [6.07, 6.45) is -2.11. The number of alkyl halides is 3. The van der Waals surface area contributed by atoms with E-state index in [4.69, 9.17) is 9.90 Å². The number of halogens is 3. The van der Waals surface area contributed by atoms with E-state index in [2.05, 4.69) is 46.8 Å². The first-order valence-electron chi connectivity index (χ1n) is 9.31. The van der Waals surface area contributed by atoms with Crippen molar-refractivity contribution in [1.29, 1.82) is 0 Å². The largest absolute Gasteiger partial charge is 0.490 e. The van der Waals surface area contributed by atoms with Gasteiger partial charge in [0.2, 0.25) is 10.0 Å². The molecule has 1 aliphatic heterocycles. The number of nitrogens with zero attached hydrogens (tertiary/aromatic N) is 3. The molecule has 1 aromatic carbocycles. The molecular formula is C19H25F3N4O4S. The van der Waals surface area contributed by atoms with E-state index in [0.29, 0.717) is 6.54 Å². The predicted molar refractivity (Wildman–Crippen MR) is 108 cm³/mol. The minimum Gasteiger partial charge on any atom is -0.475 e. The standard InChI is InChI=1S/C17H24N4O2S.C2HF3O2/c1-13-6-14(2)8-15(7-13)10-20-11-16-4-5-18-21(16)17(12-20)9-19-24(3,22)23;3-2(4,5)1(6)7/h4-8,17,19H,9-12H2,1-3H3;(H,6,7). The first-order chi connectivity index (χ1) is 14.2. The Hall–Kier alpha value is -2.44. The van der Waals surface area contributed by atoms with Crippen molar-refractivity contribution < 1.29 is 31.5 Å². The second kappa shape index (κ2) is 9.79. The molecular weight excluding hydrogens is 437 g/mol. The number of carboxylic acid groups (broad SMARTS) is 1. The van der Waals surface area contributed by atoms with Crippen LogP contribution >= 0.6 is 0 Å². The number of hydrogen-bond donors (Lipinski definition) is 2. The van der Waals surface area contributed by atoms with Crippen LogP contribution in [0, 0.1) is 13.8 Å². The quantitative estimate of drug-likeness (QED) is 0.706. The van der Waals surface area contributed by atoms with Gasteiger partial charge in [-0.05, 0) is 25.5 Å². The summed E-state index contributed by atoms with van der Waals surface area (Å²) in [5, 5.41) is 11.5. The summed E-state index contributed by atoms with van der Waals surface area (Å²) in [7, 11) is -3.21. The van der Waals surface area contributed by atoms with Gasteiger partial charge in [-0.25, -0.2) is 17.9 Å². The number of nitrogens with one attached hydrogen (secondary N) is 1. The monoisotopic (exact) mass is 462 g/mol. The van der Waals surface area contributed by atoms with Crippen molar-refractivity contribution in [3.8, 4) is 0 Å². The van der Waals surface area contributed by atoms with Gasteiger partial charge in [0.15, 0.2) is 0 Å².